The highest BCUT2D eigenvalue weighted by molar-refractivity contribution is 5.84. The number of amides is 1. The number of nitrogens with zero attached hydrogens (tertiary/aromatic N) is 1. The normalized spacial score (nSPS) is 18.2. The number of carbonyl (C=O) groups excluding carboxylic acids is 1. The molecule has 1 aromatic carbocycles. The maximum Gasteiger partial charge on any atom is 0.320 e. The summed E-state index contributed by atoms with van der Waals surface area (Å²) >= 11 is 0. The van der Waals surface area contributed by atoms with E-state index in [1.54, 1.807) is 4.90 Å². The van der Waals surface area contributed by atoms with Crippen molar-refractivity contribution in [2.75, 3.05) is 13.1 Å². The molecule has 1 unspecified atom stereocenters. The van der Waals surface area contributed by atoms with Crippen molar-refractivity contribution in [3.63, 3.8) is 0 Å². The Labute approximate surface area is 177 Å². The van der Waals surface area contributed by atoms with E-state index < -0.39 is 24.0 Å². The van der Waals surface area contributed by atoms with Gasteiger partial charge in [-0.2, -0.15) is 0 Å². The largest absolute Gasteiger partial charge is 0.481 e. The van der Waals surface area contributed by atoms with Crippen LogP contribution < -0.4 is 11.1 Å². The van der Waals surface area contributed by atoms with E-state index in [-0.39, 0.29) is 18.4 Å². The Morgan fingerprint density at radius 2 is 1.83 bits per heavy atom. The number of likely N-dealkylation sites (tertiary alicyclic amines) is 1. The van der Waals surface area contributed by atoms with Crippen LogP contribution in [0.1, 0.15) is 50.5 Å². The summed E-state index contributed by atoms with van der Waals surface area (Å²) in [4.78, 5) is 37.8. The first-order chi connectivity index (χ1) is 14.4. The molecule has 0 aromatic heterocycles. The van der Waals surface area contributed by atoms with Gasteiger partial charge in [0.25, 0.3) is 0 Å². The second-order valence-electron chi connectivity index (χ2n) is 7.84. The first kappa shape index (κ1) is 23.8. The minimum absolute atomic E-state index is 0.0857. The Bertz CT molecular complexity index is 697. The molecule has 1 aliphatic rings. The van der Waals surface area contributed by atoms with Crippen LogP contribution in [0.3, 0.4) is 0 Å². The minimum atomic E-state index is -0.994. The highest BCUT2D eigenvalue weighted by Crippen LogP contribution is 2.22. The third-order valence-corrected chi connectivity index (χ3v) is 5.58. The number of carboxylic acids is 2. The zero-order valence-electron chi connectivity index (χ0n) is 17.3. The molecule has 166 valence electrons. The molecule has 3 atom stereocenters. The van der Waals surface area contributed by atoms with Gasteiger partial charge in [-0.05, 0) is 50.6 Å². The molecule has 8 nitrogen and oxygen atoms in total. The summed E-state index contributed by atoms with van der Waals surface area (Å²) in [6.07, 6.45) is 4.19. The van der Waals surface area contributed by atoms with Crippen molar-refractivity contribution in [3.8, 4) is 0 Å². The number of aliphatic carboxylic acids is 2. The van der Waals surface area contributed by atoms with Gasteiger partial charge in [0.1, 0.15) is 6.04 Å². The fourth-order valence-electron chi connectivity index (χ4n) is 3.99. The van der Waals surface area contributed by atoms with Crippen molar-refractivity contribution in [1.29, 1.82) is 0 Å². The number of carboxylic acid groups (broad SMARTS) is 2. The van der Waals surface area contributed by atoms with Crippen LogP contribution in [0.4, 0.5) is 0 Å². The van der Waals surface area contributed by atoms with Gasteiger partial charge in [0.05, 0.1) is 12.5 Å². The molecule has 1 heterocycles. The number of rotatable bonds is 13. The molecule has 1 saturated heterocycles. The summed E-state index contributed by atoms with van der Waals surface area (Å²) in [7, 11) is 0. The van der Waals surface area contributed by atoms with Gasteiger partial charge in [0.2, 0.25) is 5.91 Å². The maximum atomic E-state index is 13.2. The van der Waals surface area contributed by atoms with E-state index in [0.29, 0.717) is 45.2 Å². The lowest BCUT2D eigenvalue weighted by Crippen LogP contribution is -2.53. The van der Waals surface area contributed by atoms with Crippen molar-refractivity contribution in [3.05, 3.63) is 35.9 Å². The number of unbranched alkanes of at least 4 members (excludes halogenated alkanes) is 1. The van der Waals surface area contributed by atoms with Crippen LogP contribution in [0.15, 0.2) is 30.3 Å². The lowest BCUT2D eigenvalue weighted by Gasteiger charge is -2.30. The molecule has 1 fully saturated rings. The van der Waals surface area contributed by atoms with E-state index in [1.807, 2.05) is 30.3 Å². The Hall–Kier alpha value is -2.45. The van der Waals surface area contributed by atoms with Crippen molar-refractivity contribution in [2.24, 2.45) is 5.73 Å². The Morgan fingerprint density at radius 3 is 2.47 bits per heavy atom. The van der Waals surface area contributed by atoms with Crippen LogP contribution in [0.5, 0.6) is 0 Å². The Morgan fingerprint density at radius 1 is 1.10 bits per heavy atom. The zero-order valence-corrected chi connectivity index (χ0v) is 17.3. The number of carbonyl (C=O) groups is 3. The average molecular weight is 420 g/mol. The zero-order chi connectivity index (χ0) is 21.9. The van der Waals surface area contributed by atoms with E-state index in [2.05, 4.69) is 5.32 Å². The van der Waals surface area contributed by atoms with Gasteiger partial charge in [-0.3, -0.25) is 19.7 Å². The van der Waals surface area contributed by atoms with Crippen molar-refractivity contribution < 1.29 is 24.6 Å². The molecular weight excluding hydrogens is 386 g/mol. The lowest BCUT2D eigenvalue weighted by atomic mass is 10.0. The molecule has 0 spiro atoms. The third-order valence-electron chi connectivity index (χ3n) is 5.58. The van der Waals surface area contributed by atoms with Gasteiger partial charge in [-0.1, -0.05) is 36.8 Å². The number of hydrogen-bond donors (Lipinski definition) is 4. The van der Waals surface area contributed by atoms with Crippen molar-refractivity contribution in [1.82, 2.24) is 10.2 Å². The second kappa shape index (κ2) is 12.3. The van der Waals surface area contributed by atoms with Crippen LogP contribution in [-0.2, 0) is 20.8 Å². The highest BCUT2D eigenvalue weighted by Gasteiger charge is 2.35. The first-order valence-corrected chi connectivity index (χ1v) is 10.7. The van der Waals surface area contributed by atoms with Crippen LogP contribution in [0.25, 0.3) is 0 Å². The third kappa shape index (κ3) is 7.42. The number of aryl methyl sites for hydroxylation is 1. The van der Waals surface area contributed by atoms with Gasteiger partial charge in [-0.25, -0.2) is 0 Å². The minimum Gasteiger partial charge on any atom is -0.481 e. The van der Waals surface area contributed by atoms with Crippen LogP contribution in [0.2, 0.25) is 0 Å². The van der Waals surface area contributed by atoms with E-state index in [9.17, 15) is 19.5 Å². The van der Waals surface area contributed by atoms with Gasteiger partial charge in [0.15, 0.2) is 0 Å². The molecule has 0 radical (unpaired) electrons. The smallest absolute Gasteiger partial charge is 0.320 e. The summed E-state index contributed by atoms with van der Waals surface area (Å²) in [6, 6.07) is 7.77. The van der Waals surface area contributed by atoms with Gasteiger partial charge in [0, 0.05) is 12.6 Å². The van der Waals surface area contributed by atoms with Crippen LogP contribution in [0, 0.1) is 0 Å². The predicted molar refractivity (Wildman–Crippen MR) is 113 cm³/mol. The first-order valence-electron chi connectivity index (χ1n) is 10.7. The monoisotopic (exact) mass is 419 g/mol. The van der Waals surface area contributed by atoms with E-state index in [4.69, 9.17) is 10.8 Å². The molecule has 2 rings (SSSR count). The Kier molecular flexibility index (Phi) is 9.76. The Balaban J connectivity index is 2.07. The van der Waals surface area contributed by atoms with Crippen LogP contribution >= 0.6 is 0 Å². The van der Waals surface area contributed by atoms with Crippen LogP contribution in [-0.4, -0.2) is 64.2 Å². The standard InChI is InChI=1S/C22H33N3O5/c23-13-5-4-10-18(21(28)25-14-6-9-17(25)15-20(26)27)24-19(22(29)30)12-11-16-7-2-1-3-8-16/h1-3,7-8,17-19,24H,4-6,9-15,23H2,(H,26,27)(H,29,30)/t17-,18?,19-/m0/s1. The summed E-state index contributed by atoms with van der Waals surface area (Å²) < 4.78 is 0. The fraction of sp³-hybridized carbons (Fsp3) is 0.591. The average Bonchev–Trinajstić information content (AvgIpc) is 3.17. The molecule has 0 bridgehead atoms. The molecule has 0 aliphatic carbocycles. The molecule has 0 saturated carbocycles. The molecule has 1 aliphatic heterocycles. The van der Waals surface area contributed by atoms with Gasteiger partial charge >= 0.3 is 11.9 Å². The topological polar surface area (TPSA) is 133 Å². The molecule has 5 N–H and O–H groups in total. The summed E-state index contributed by atoms with van der Waals surface area (Å²) in [5, 5.41) is 21.9. The van der Waals surface area contributed by atoms with Crippen molar-refractivity contribution >= 4 is 17.8 Å². The highest BCUT2D eigenvalue weighted by atomic mass is 16.4. The number of benzene rings is 1. The predicted octanol–water partition coefficient (Wildman–Crippen LogP) is 1.63. The van der Waals surface area contributed by atoms with E-state index in [0.717, 1.165) is 18.4 Å². The lowest BCUT2D eigenvalue weighted by molar-refractivity contribution is -0.141. The van der Waals surface area contributed by atoms with E-state index in [1.165, 1.54) is 0 Å². The van der Waals surface area contributed by atoms with E-state index >= 15 is 0 Å². The molecule has 30 heavy (non-hydrogen) atoms. The molecule has 1 amide bonds. The summed E-state index contributed by atoms with van der Waals surface area (Å²) in [5.74, 6) is -2.13. The fourth-order valence-corrected chi connectivity index (χ4v) is 3.99. The number of hydrogen-bond acceptors (Lipinski definition) is 5. The SMILES string of the molecule is NCCCCC(N[C@@H](CCc1ccccc1)C(=O)O)C(=O)N1CCC[C@H]1CC(=O)O. The summed E-state index contributed by atoms with van der Waals surface area (Å²) in [6.45, 7) is 1.01. The summed E-state index contributed by atoms with van der Waals surface area (Å²) in [5.41, 5.74) is 6.62. The maximum absolute atomic E-state index is 13.2. The molecule has 1 aromatic rings. The number of nitrogens with one attached hydrogen (secondary N) is 1. The quantitative estimate of drug-likeness (QED) is 0.357. The van der Waals surface area contributed by atoms with Gasteiger partial charge in [-0.15, -0.1) is 0 Å². The van der Waals surface area contributed by atoms with Crippen molar-refractivity contribution in [2.45, 2.75) is 69.5 Å². The second-order valence-corrected chi connectivity index (χ2v) is 7.84. The number of nitrogens with two attached hydrogens (primary N) is 1. The van der Waals surface area contributed by atoms with Gasteiger partial charge < -0.3 is 20.8 Å². The molecule has 8 heteroatoms. The molecular formula is C22H33N3O5.